The summed E-state index contributed by atoms with van der Waals surface area (Å²) in [5.41, 5.74) is 2.20. The molecule has 1 heterocycles. The van der Waals surface area contributed by atoms with Gasteiger partial charge in [-0.25, -0.2) is 0 Å². The summed E-state index contributed by atoms with van der Waals surface area (Å²) in [6.45, 7) is 0.490. The number of rotatable bonds is 7. The smallest absolute Gasteiger partial charge is 0.234 e. The van der Waals surface area contributed by atoms with Crippen molar-refractivity contribution in [3.63, 3.8) is 0 Å². The Labute approximate surface area is 211 Å². The number of para-hydroxylation sites is 1. The maximum Gasteiger partial charge on any atom is 0.234 e. The van der Waals surface area contributed by atoms with Crippen molar-refractivity contribution in [1.29, 1.82) is 0 Å². The minimum Gasteiger partial charge on any atom is -0.507 e. The number of amides is 1. The van der Waals surface area contributed by atoms with Crippen molar-refractivity contribution < 1.29 is 9.90 Å². The molecular weight excluding hydrogens is 480 g/mol. The predicted molar refractivity (Wildman–Crippen MR) is 141 cm³/mol. The van der Waals surface area contributed by atoms with Crippen LogP contribution in [0.15, 0.2) is 96.2 Å². The van der Waals surface area contributed by atoms with Crippen LogP contribution in [-0.4, -0.2) is 31.5 Å². The maximum absolute atomic E-state index is 12.6. The van der Waals surface area contributed by atoms with Crippen LogP contribution in [0, 0.1) is 0 Å². The van der Waals surface area contributed by atoms with Crippen LogP contribution in [0.4, 0.5) is 5.69 Å². The van der Waals surface area contributed by atoms with Gasteiger partial charge in [0.25, 0.3) is 0 Å². The number of aromatic nitrogens is 3. The summed E-state index contributed by atoms with van der Waals surface area (Å²) in [5, 5.41) is 25.4. The third-order valence-electron chi connectivity index (χ3n) is 5.49. The Bertz CT molecular complexity index is 1500. The van der Waals surface area contributed by atoms with Gasteiger partial charge in [-0.05, 0) is 40.6 Å². The second-order valence-corrected chi connectivity index (χ2v) is 9.26. The van der Waals surface area contributed by atoms with Crippen molar-refractivity contribution in [2.45, 2.75) is 11.7 Å². The van der Waals surface area contributed by atoms with Gasteiger partial charge in [0.15, 0.2) is 11.0 Å². The highest BCUT2D eigenvalue weighted by Gasteiger charge is 2.19. The second-order valence-electron chi connectivity index (χ2n) is 7.91. The van der Waals surface area contributed by atoms with Crippen LogP contribution in [0.2, 0.25) is 5.02 Å². The summed E-state index contributed by atoms with van der Waals surface area (Å²) in [5.74, 6) is 0.582. The molecule has 6 nitrogen and oxygen atoms in total. The van der Waals surface area contributed by atoms with Gasteiger partial charge in [-0.3, -0.25) is 9.36 Å². The van der Waals surface area contributed by atoms with Crippen molar-refractivity contribution in [2.24, 2.45) is 0 Å². The Morgan fingerprint density at radius 1 is 0.914 bits per heavy atom. The molecule has 0 saturated carbocycles. The highest BCUT2D eigenvalue weighted by molar-refractivity contribution is 7.99. The number of benzene rings is 4. The lowest BCUT2D eigenvalue weighted by Gasteiger charge is -2.12. The average Bonchev–Trinajstić information content (AvgIpc) is 3.26. The van der Waals surface area contributed by atoms with Gasteiger partial charge in [-0.1, -0.05) is 90.1 Å². The van der Waals surface area contributed by atoms with E-state index in [4.69, 9.17) is 11.6 Å². The molecule has 35 heavy (non-hydrogen) atoms. The van der Waals surface area contributed by atoms with E-state index < -0.39 is 0 Å². The first-order chi connectivity index (χ1) is 17.1. The zero-order valence-corrected chi connectivity index (χ0v) is 20.1. The van der Waals surface area contributed by atoms with Gasteiger partial charge in [0.1, 0.15) is 5.75 Å². The molecule has 0 fully saturated rings. The minimum atomic E-state index is -0.201. The van der Waals surface area contributed by atoms with Gasteiger partial charge in [0, 0.05) is 0 Å². The SMILES string of the molecule is O=C(CSc1nnc(-c2cc3ccccc3cc2O)n1Cc1ccccc1)Nc1ccccc1Cl. The lowest BCUT2D eigenvalue weighted by atomic mass is 10.1. The van der Waals surface area contributed by atoms with Gasteiger partial charge in [0.2, 0.25) is 5.91 Å². The molecule has 0 bridgehead atoms. The first-order valence-corrected chi connectivity index (χ1v) is 12.3. The Balaban J connectivity index is 1.46. The Kier molecular flexibility index (Phi) is 6.70. The molecule has 0 aliphatic rings. The Hall–Kier alpha value is -3.81. The molecule has 0 spiro atoms. The summed E-state index contributed by atoms with van der Waals surface area (Å²) < 4.78 is 1.92. The van der Waals surface area contributed by atoms with Crippen LogP contribution < -0.4 is 5.32 Å². The fourth-order valence-corrected chi connectivity index (χ4v) is 4.71. The van der Waals surface area contributed by atoms with E-state index in [9.17, 15) is 9.90 Å². The fraction of sp³-hybridized carbons (Fsp3) is 0.0741. The summed E-state index contributed by atoms with van der Waals surface area (Å²) in [6.07, 6.45) is 0. The van der Waals surface area contributed by atoms with Gasteiger partial charge >= 0.3 is 0 Å². The number of hydrogen-bond acceptors (Lipinski definition) is 5. The van der Waals surface area contributed by atoms with E-state index in [2.05, 4.69) is 15.5 Å². The van der Waals surface area contributed by atoms with E-state index in [-0.39, 0.29) is 17.4 Å². The lowest BCUT2D eigenvalue weighted by Crippen LogP contribution is -2.15. The number of halogens is 1. The first-order valence-electron chi connectivity index (χ1n) is 10.9. The van der Waals surface area contributed by atoms with Crippen LogP contribution >= 0.6 is 23.4 Å². The third kappa shape index (κ3) is 5.16. The van der Waals surface area contributed by atoms with Crippen molar-refractivity contribution in [3.8, 4) is 17.1 Å². The molecule has 4 aromatic carbocycles. The Morgan fingerprint density at radius 2 is 1.60 bits per heavy atom. The highest BCUT2D eigenvalue weighted by atomic mass is 35.5. The number of nitrogens with one attached hydrogen (secondary N) is 1. The summed E-state index contributed by atoms with van der Waals surface area (Å²) in [6, 6.07) is 28.5. The van der Waals surface area contributed by atoms with E-state index >= 15 is 0 Å². The molecule has 174 valence electrons. The number of nitrogens with zero attached hydrogens (tertiary/aromatic N) is 3. The number of fused-ring (bicyclic) bond motifs is 1. The van der Waals surface area contributed by atoms with Crippen molar-refractivity contribution >= 4 is 45.7 Å². The van der Waals surface area contributed by atoms with E-state index in [1.165, 1.54) is 11.8 Å². The number of anilines is 1. The molecule has 1 aromatic heterocycles. The zero-order chi connectivity index (χ0) is 24.2. The van der Waals surface area contributed by atoms with Crippen LogP contribution in [0.25, 0.3) is 22.2 Å². The largest absolute Gasteiger partial charge is 0.507 e. The second kappa shape index (κ2) is 10.2. The molecule has 0 aliphatic heterocycles. The topological polar surface area (TPSA) is 80.0 Å². The van der Waals surface area contributed by atoms with E-state index in [1.54, 1.807) is 18.2 Å². The number of thioether (sulfide) groups is 1. The van der Waals surface area contributed by atoms with Gasteiger partial charge in [-0.2, -0.15) is 0 Å². The maximum atomic E-state index is 12.6. The fourth-order valence-electron chi connectivity index (χ4n) is 3.79. The van der Waals surface area contributed by atoms with Crippen molar-refractivity contribution in [3.05, 3.63) is 102 Å². The molecule has 8 heteroatoms. The summed E-state index contributed by atoms with van der Waals surface area (Å²) >= 11 is 7.43. The highest BCUT2D eigenvalue weighted by Crippen LogP contribution is 2.34. The third-order valence-corrected chi connectivity index (χ3v) is 6.78. The van der Waals surface area contributed by atoms with E-state index in [1.807, 2.05) is 77.4 Å². The molecule has 5 rings (SSSR count). The molecule has 5 aromatic rings. The van der Waals surface area contributed by atoms with E-state index in [0.29, 0.717) is 33.8 Å². The molecule has 0 radical (unpaired) electrons. The summed E-state index contributed by atoms with van der Waals surface area (Å²) in [4.78, 5) is 12.6. The quantitative estimate of drug-likeness (QED) is 0.259. The van der Waals surface area contributed by atoms with Crippen LogP contribution in [0.3, 0.4) is 0 Å². The number of phenolic OH excluding ortho intramolecular Hbond substituents is 1. The first kappa shape index (κ1) is 23.0. The minimum absolute atomic E-state index is 0.124. The van der Waals surface area contributed by atoms with Crippen LogP contribution in [0.5, 0.6) is 5.75 Å². The number of hydrogen-bond donors (Lipinski definition) is 2. The van der Waals surface area contributed by atoms with Gasteiger partial charge in [-0.15, -0.1) is 10.2 Å². The molecular formula is C27H21ClN4O2S. The average molecular weight is 501 g/mol. The van der Waals surface area contributed by atoms with Crippen molar-refractivity contribution in [2.75, 3.05) is 11.1 Å². The predicted octanol–water partition coefficient (Wildman–Crippen LogP) is 6.24. The van der Waals surface area contributed by atoms with Crippen LogP contribution in [-0.2, 0) is 11.3 Å². The normalized spacial score (nSPS) is 11.0. The van der Waals surface area contributed by atoms with Crippen LogP contribution in [0.1, 0.15) is 5.56 Å². The lowest BCUT2D eigenvalue weighted by molar-refractivity contribution is -0.113. The monoisotopic (exact) mass is 500 g/mol. The van der Waals surface area contributed by atoms with Gasteiger partial charge < -0.3 is 10.4 Å². The number of carbonyl (C=O) groups is 1. The Morgan fingerprint density at radius 3 is 2.37 bits per heavy atom. The molecule has 2 N–H and O–H groups in total. The molecule has 0 saturated heterocycles. The number of phenols is 1. The summed E-state index contributed by atoms with van der Waals surface area (Å²) in [7, 11) is 0. The van der Waals surface area contributed by atoms with Gasteiger partial charge in [0.05, 0.1) is 28.6 Å². The molecule has 0 aliphatic carbocycles. The standard InChI is InChI=1S/C27H21ClN4O2S/c28-22-12-6-7-13-23(22)29-25(34)17-35-27-31-30-26(32(27)16-18-8-2-1-3-9-18)21-14-19-10-4-5-11-20(19)15-24(21)33/h1-15,33H,16-17H2,(H,29,34). The molecule has 0 unspecified atom stereocenters. The van der Waals surface area contributed by atoms with E-state index in [0.717, 1.165) is 16.3 Å². The zero-order valence-electron chi connectivity index (χ0n) is 18.6. The molecule has 1 amide bonds. The van der Waals surface area contributed by atoms with Crippen molar-refractivity contribution in [1.82, 2.24) is 14.8 Å². The number of aromatic hydroxyl groups is 1. The molecule has 0 atom stereocenters. The number of carbonyl (C=O) groups excluding carboxylic acids is 1.